The van der Waals surface area contributed by atoms with Crippen LogP contribution < -0.4 is 10.2 Å². The van der Waals surface area contributed by atoms with Crippen LogP contribution in [0, 0.1) is 0 Å². The van der Waals surface area contributed by atoms with Gasteiger partial charge in [0, 0.05) is 43.5 Å². The molecule has 3 aromatic rings. The van der Waals surface area contributed by atoms with E-state index in [0.717, 1.165) is 85.6 Å². The standard InChI is InChI=1S/C24H34N6O2S/c1-5-29(6-2)8-7-25-21-20-19(26-15-27-21)18-16-13-24(3,4)32-14-17(16)22(28-23(18)33-20)30-9-11-31-12-10-30/h15H,5-14H2,1-4H3,(H,25,26,27). The summed E-state index contributed by atoms with van der Waals surface area (Å²) in [5.41, 5.74) is 3.33. The summed E-state index contributed by atoms with van der Waals surface area (Å²) in [6.07, 6.45) is 2.53. The largest absolute Gasteiger partial charge is 0.378 e. The summed E-state index contributed by atoms with van der Waals surface area (Å²) in [5.74, 6) is 1.95. The molecule has 2 aliphatic rings. The molecule has 0 amide bonds. The molecule has 0 aliphatic carbocycles. The number of anilines is 2. The Kier molecular flexibility index (Phi) is 6.39. The Bertz CT molecular complexity index is 1140. The number of aromatic nitrogens is 3. The third-order valence-electron chi connectivity index (χ3n) is 6.73. The highest BCUT2D eigenvalue weighted by Crippen LogP contribution is 2.44. The molecule has 5 heterocycles. The fourth-order valence-electron chi connectivity index (χ4n) is 4.82. The van der Waals surface area contributed by atoms with Crippen LogP contribution in [0.15, 0.2) is 6.33 Å². The summed E-state index contributed by atoms with van der Waals surface area (Å²) < 4.78 is 12.9. The maximum atomic E-state index is 6.24. The van der Waals surface area contributed by atoms with E-state index in [1.165, 1.54) is 16.5 Å². The van der Waals surface area contributed by atoms with Crippen molar-refractivity contribution in [3.63, 3.8) is 0 Å². The first-order valence-electron chi connectivity index (χ1n) is 12.0. The summed E-state index contributed by atoms with van der Waals surface area (Å²) in [6.45, 7) is 16.5. The Morgan fingerprint density at radius 2 is 1.94 bits per heavy atom. The second kappa shape index (κ2) is 9.29. The van der Waals surface area contributed by atoms with Gasteiger partial charge < -0.3 is 24.6 Å². The number of fused-ring (bicyclic) bond motifs is 5. The minimum absolute atomic E-state index is 0.213. The number of morpholine rings is 1. The van der Waals surface area contributed by atoms with Gasteiger partial charge in [0.05, 0.1) is 35.6 Å². The highest BCUT2D eigenvalue weighted by atomic mass is 32.1. The average Bonchev–Trinajstić information content (AvgIpc) is 3.21. The van der Waals surface area contributed by atoms with Gasteiger partial charge in [-0.15, -0.1) is 11.3 Å². The van der Waals surface area contributed by atoms with E-state index in [1.54, 1.807) is 17.7 Å². The van der Waals surface area contributed by atoms with Gasteiger partial charge in [0.2, 0.25) is 0 Å². The number of rotatable bonds is 7. The molecule has 5 rings (SSSR count). The molecular formula is C24H34N6O2S. The molecule has 9 heteroatoms. The van der Waals surface area contributed by atoms with E-state index in [0.29, 0.717) is 6.61 Å². The third kappa shape index (κ3) is 4.39. The number of ether oxygens (including phenoxy) is 2. The van der Waals surface area contributed by atoms with Gasteiger partial charge in [0.1, 0.15) is 22.8 Å². The lowest BCUT2D eigenvalue weighted by atomic mass is 9.90. The molecule has 0 spiro atoms. The Hall–Kier alpha value is -2.07. The van der Waals surface area contributed by atoms with Gasteiger partial charge in [0.15, 0.2) is 0 Å². The number of hydrogen-bond donors (Lipinski definition) is 1. The normalized spacial score (nSPS) is 18.3. The van der Waals surface area contributed by atoms with Crippen molar-refractivity contribution in [2.24, 2.45) is 0 Å². The fraction of sp³-hybridized carbons (Fsp3) is 0.625. The topological polar surface area (TPSA) is 75.6 Å². The molecule has 1 N–H and O–H groups in total. The smallest absolute Gasteiger partial charge is 0.147 e. The summed E-state index contributed by atoms with van der Waals surface area (Å²) in [4.78, 5) is 20.3. The van der Waals surface area contributed by atoms with Crippen LogP contribution in [0.3, 0.4) is 0 Å². The van der Waals surface area contributed by atoms with Crippen molar-refractivity contribution in [3.8, 4) is 0 Å². The highest BCUT2D eigenvalue weighted by molar-refractivity contribution is 7.26. The van der Waals surface area contributed by atoms with E-state index in [4.69, 9.17) is 19.4 Å². The van der Waals surface area contributed by atoms with Crippen LogP contribution in [-0.2, 0) is 22.5 Å². The predicted molar refractivity (Wildman–Crippen MR) is 135 cm³/mol. The van der Waals surface area contributed by atoms with Gasteiger partial charge in [0.25, 0.3) is 0 Å². The van der Waals surface area contributed by atoms with E-state index in [1.807, 2.05) is 0 Å². The zero-order valence-electron chi connectivity index (χ0n) is 20.1. The van der Waals surface area contributed by atoms with E-state index < -0.39 is 0 Å². The van der Waals surface area contributed by atoms with Gasteiger partial charge in [-0.2, -0.15) is 0 Å². The number of likely N-dealkylation sites (N-methyl/N-ethyl adjacent to an activating group) is 1. The van der Waals surface area contributed by atoms with Crippen molar-refractivity contribution < 1.29 is 9.47 Å². The molecule has 178 valence electrons. The van der Waals surface area contributed by atoms with Crippen molar-refractivity contribution in [2.45, 2.75) is 46.3 Å². The average molecular weight is 471 g/mol. The summed E-state index contributed by atoms with van der Waals surface area (Å²) >= 11 is 1.70. The first kappa shape index (κ1) is 22.7. The zero-order valence-corrected chi connectivity index (χ0v) is 20.9. The first-order valence-corrected chi connectivity index (χ1v) is 12.8. The Morgan fingerprint density at radius 1 is 1.15 bits per heavy atom. The third-order valence-corrected chi connectivity index (χ3v) is 7.81. The molecule has 0 unspecified atom stereocenters. The molecule has 0 aromatic carbocycles. The maximum absolute atomic E-state index is 6.24. The zero-order chi connectivity index (χ0) is 23.0. The minimum Gasteiger partial charge on any atom is -0.378 e. The second-order valence-electron chi connectivity index (χ2n) is 9.35. The number of pyridine rings is 1. The van der Waals surface area contributed by atoms with Crippen LogP contribution >= 0.6 is 11.3 Å². The lowest BCUT2D eigenvalue weighted by Crippen LogP contribution is -2.39. The number of nitrogens with zero attached hydrogens (tertiary/aromatic N) is 5. The van der Waals surface area contributed by atoms with Crippen LogP contribution in [0.1, 0.15) is 38.8 Å². The monoisotopic (exact) mass is 470 g/mol. The molecule has 1 fully saturated rings. The lowest BCUT2D eigenvalue weighted by molar-refractivity contribution is -0.0396. The van der Waals surface area contributed by atoms with E-state index in [2.05, 4.69) is 47.8 Å². The van der Waals surface area contributed by atoms with Gasteiger partial charge in [-0.3, -0.25) is 0 Å². The van der Waals surface area contributed by atoms with Crippen molar-refractivity contribution in [2.75, 3.05) is 62.7 Å². The van der Waals surface area contributed by atoms with E-state index in [9.17, 15) is 0 Å². The molecule has 8 nitrogen and oxygen atoms in total. The summed E-state index contributed by atoms with van der Waals surface area (Å²) in [6, 6.07) is 0. The van der Waals surface area contributed by atoms with Crippen LogP contribution in [-0.4, -0.2) is 77.9 Å². The van der Waals surface area contributed by atoms with E-state index >= 15 is 0 Å². The van der Waals surface area contributed by atoms with Crippen molar-refractivity contribution in [1.82, 2.24) is 19.9 Å². The molecule has 1 saturated heterocycles. The second-order valence-corrected chi connectivity index (χ2v) is 10.4. The molecule has 0 bridgehead atoms. The predicted octanol–water partition coefficient (Wildman–Crippen LogP) is 3.68. The van der Waals surface area contributed by atoms with Crippen molar-refractivity contribution in [3.05, 3.63) is 17.5 Å². The minimum atomic E-state index is -0.213. The molecule has 0 atom stereocenters. The quantitative estimate of drug-likeness (QED) is 0.561. The number of nitrogens with one attached hydrogen (secondary N) is 1. The first-order chi connectivity index (χ1) is 16.0. The van der Waals surface area contributed by atoms with Crippen molar-refractivity contribution in [1.29, 1.82) is 0 Å². The van der Waals surface area contributed by atoms with Gasteiger partial charge in [-0.25, -0.2) is 15.0 Å². The van der Waals surface area contributed by atoms with Gasteiger partial charge in [-0.1, -0.05) is 13.8 Å². The Balaban J connectivity index is 1.60. The maximum Gasteiger partial charge on any atom is 0.147 e. The van der Waals surface area contributed by atoms with Crippen LogP contribution in [0.5, 0.6) is 0 Å². The van der Waals surface area contributed by atoms with Crippen molar-refractivity contribution >= 4 is 43.4 Å². The molecular weight excluding hydrogens is 436 g/mol. The molecule has 2 aliphatic heterocycles. The fourth-order valence-corrected chi connectivity index (χ4v) is 5.94. The highest BCUT2D eigenvalue weighted by Gasteiger charge is 2.33. The molecule has 3 aromatic heterocycles. The number of hydrogen-bond acceptors (Lipinski definition) is 9. The SMILES string of the molecule is CCN(CC)CCNc1ncnc2c1sc1nc(N3CCOCC3)c3c(c12)CC(C)(C)OC3. The number of thiophene rings is 1. The molecule has 0 radical (unpaired) electrons. The van der Waals surface area contributed by atoms with Gasteiger partial charge >= 0.3 is 0 Å². The van der Waals surface area contributed by atoms with E-state index in [-0.39, 0.29) is 5.60 Å². The van der Waals surface area contributed by atoms with Crippen LogP contribution in [0.4, 0.5) is 11.6 Å². The van der Waals surface area contributed by atoms with Crippen LogP contribution in [0.2, 0.25) is 0 Å². The Labute approximate surface area is 199 Å². The summed E-state index contributed by atoms with van der Waals surface area (Å²) in [5, 5.41) is 4.73. The molecule has 33 heavy (non-hydrogen) atoms. The van der Waals surface area contributed by atoms with Gasteiger partial charge in [-0.05, 0) is 32.5 Å². The van der Waals surface area contributed by atoms with Crippen LogP contribution in [0.25, 0.3) is 20.4 Å². The molecule has 0 saturated carbocycles. The summed E-state index contributed by atoms with van der Waals surface area (Å²) in [7, 11) is 0. The lowest BCUT2D eigenvalue weighted by Gasteiger charge is -2.36. The Morgan fingerprint density at radius 3 is 2.70 bits per heavy atom.